The quantitative estimate of drug-likeness (QED) is 0.377. The summed E-state index contributed by atoms with van der Waals surface area (Å²) in [6.45, 7) is 2.26. The zero-order valence-electron chi connectivity index (χ0n) is 15.0. The topological polar surface area (TPSA) is 39.4 Å². The van der Waals surface area contributed by atoms with Crippen molar-refractivity contribution in [2.75, 3.05) is 0 Å². The first-order valence-electron chi connectivity index (χ1n) is 8.72. The van der Waals surface area contributed by atoms with Crippen molar-refractivity contribution in [3.63, 3.8) is 0 Å². The van der Waals surface area contributed by atoms with Crippen molar-refractivity contribution in [2.24, 2.45) is 0 Å². The third-order valence-electron chi connectivity index (χ3n) is 4.55. The summed E-state index contributed by atoms with van der Waals surface area (Å²) in [6, 6.07) is 19.9. The Morgan fingerprint density at radius 3 is 2.39 bits per heavy atom. The zero-order chi connectivity index (χ0) is 19.7. The Balaban J connectivity index is 1.87. The van der Waals surface area contributed by atoms with E-state index in [1.165, 1.54) is 0 Å². The molecule has 140 valence electrons. The molecule has 0 amide bonds. The molecular formula is C23H16Cl2O3. The lowest BCUT2D eigenvalue weighted by Gasteiger charge is -2.13. The van der Waals surface area contributed by atoms with Crippen LogP contribution in [0.5, 0.6) is 5.75 Å². The fourth-order valence-corrected chi connectivity index (χ4v) is 3.29. The van der Waals surface area contributed by atoms with E-state index < -0.39 is 0 Å². The van der Waals surface area contributed by atoms with Gasteiger partial charge in [-0.3, -0.25) is 4.79 Å². The van der Waals surface area contributed by atoms with Crippen molar-refractivity contribution >= 4 is 34.2 Å². The van der Waals surface area contributed by atoms with Crippen molar-refractivity contribution in [1.82, 2.24) is 0 Å². The number of benzene rings is 3. The summed E-state index contributed by atoms with van der Waals surface area (Å²) >= 11 is 12.1. The van der Waals surface area contributed by atoms with Gasteiger partial charge in [0.15, 0.2) is 5.76 Å². The highest BCUT2D eigenvalue weighted by molar-refractivity contribution is 6.31. The fourth-order valence-electron chi connectivity index (χ4n) is 2.99. The van der Waals surface area contributed by atoms with Gasteiger partial charge in [-0.25, -0.2) is 0 Å². The highest BCUT2D eigenvalue weighted by Gasteiger charge is 2.18. The summed E-state index contributed by atoms with van der Waals surface area (Å²) in [5, 5.41) is 1.44. The average molecular weight is 411 g/mol. The minimum Gasteiger partial charge on any atom is -0.481 e. The first-order chi connectivity index (χ1) is 13.5. The third kappa shape index (κ3) is 3.64. The van der Waals surface area contributed by atoms with Crippen molar-refractivity contribution in [3.05, 3.63) is 98.1 Å². The molecule has 0 saturated carbocycles. The molecule has 3 aromatic carbocycles. The Labute approximate surface area is 172 Å². The highest BCUT2D eigenvalue weighted by atomic mass is 35.5. The molecule has 3 nitrogen and oxygen atoms in total. The van der Waals surface area contributed by atoms with Crippen molar-refractivity contribution in [2.45, 2.75) is 13.5 Å². The van der Waals surface area contributed by atoms with E-state index in [4.69, 9.17) is 32.4 Å². The van der Waals surface area contributed by atoms with Crippen LogP contribution in [0.15, 0.2) is 75.9 Å². The fraction of sp³-hybridized carbons (Fsp3) is 0.0870. The summed E-state index contributed by atoms with van der Waals surface area (Å²) in [5.74, 6) is 0.519. The van der Waals surface area contributed by atoms with Crippen LogP contribution in [0.2, 0.25) is 10.0 Å². The molecular weight excluding hydrogens is 395 g/mol. The second kappa shape index (κ2) is 7.70. The zero-order valence-corrected chi connectivity index (χ0v) is 16.6. The second-order valence-electron chi connectivity index (χ2n) is 6.45. The van der Waals surface area contributed by atoms with Gasteiger partial charge in [0.25, 0.3) is 0 Å². The molecule has 4 rings (SSSR count). The normalized spacial score (nSPS) is 11.0. The molecule has 0 spiro atoms. The van der Waals surface area contributed by atoms with Gasteiger partial charge in [0.05, 0.1) is 5.39 Å². The number of aryl methyl sites for hydroxylation is 1. The molecule has 0 aliphatic rings. The molecule has 0 radical (unpaired) electrons. The molecule has 0 saturated heterocycles. The van der Waals surface area contributed by atoms with Crippen LogP contribution in [-0.2, 0) is 6.61 Å². The number of hydrogen-bond donors (Lipinski definition) is 0. The number of fused-ring (bicyclic) bond motifs is 1. The summed E-state index contributed by atoms with van der Waals surface area (Å²) in [7, 11) is 0. The van der Waals surface area contributed by atoms with Crippen LogP contribution in [0.4, 0.5) is 0 Å². The van der Waals surface area contributed by atoms with Gasteiger partial charge in [-0.1, -0.05) is 47.5 Å². The van der Waals surface area contributed by atoms with Gasteiger partial charge in [0, 0.05) is 15.6 Å². The monoisotopic (exact) mass is 410 g/mol. The van der Waals surface area contributed by atoms with Gasteiger partial charge in [-0.05, 0) is 60.5 Å². The maximum absolute atomic E-state index is 13.2. The second-order valence-corrected chi connectivity index (χ2v) is 7.32. The van der Waals surface area contributed by atoms with Gasteiger partial charge in [-0.2, -0.15) is 0 Å². The molecule has 0 unspecified atom stereocenters. The molecule has 0 atom stereocenters. The van der Waals surface area contributed by atoms with E-state index in [1.54, 1.807) is 42.5 Å². The summed E-state index contributed by atoms with van der Waals surface area (Å²) in [6.07, 6.45) is 0. The molecule has 1 heterocycles. The van der Waals surface area contributed by atoms with Crippen LogP contribution < -0.4 is 10.2 Å². The van der Waals surface area contributed by atoms with E-state index in [0.29, 0.717) is 32.3 Å². The minimum atomic E-state index is -0.262. The van der Waals surface area contributed by atoms with Gasteiger partial charge in [-0.15, -0.1) is 0 Å². The van der Waals surface area contributed by atoms with Crippen molar-refractivity contribution in [1.29, 1.82) is 0 Å². The highest BCUT2D eigenvalue weighted by Crippen LogP contribution is 2.33. The van der Waals surface area contributed by atoms with Crippen LogP contribution in [0.1, 0.15) is 11.1 Å². The van der Waals surface area contributed by atoms with Crippen LogP contribution in [0.25, 0.3) is 22.3 Å². The predicted molar refractivity (Wildman–Crippen MR) is 113 cm³/mol. The van der Waals surface area contributed by atoms with Crippen LogP contribution >= 0.6 is 23.2 Å². The maximum atomic E-state index is 13.2. The first kappa shape index (κ1) is 18.6. The number of ether oxygens (including phenoxy) is 1. The lowest BCUT2D eigenvalue weighted by atomic mass is 10.1. The van der Waals surface area contributed by atoms with Crippen LogP contribution in [-0.4, -0.2) is 0 Å². The molecule has 0 fully saturated rings. The molecule has 1 aromatic heterocycles. The molecule has 0 aliphatic carbocycles. The molecule has 0 bridgehead atoms. The summed E-state index contributed by atoms with van der Waals surface area (Å²) in [4.78, 5) is 13.2. The first-order valence-corrected chi connectivity index (χ1v) is 9.48. The number of halogens is 2. The average Bonchev–Trinajstić information content (AvgIpc) is 2.69. The molecule has 0 aliphatic heterocycles. The van der Waals surface area contributed by atoms with Crippen LogP contribution in [0, 0.1) is 6.92 Å². The van der Waals surface area contributed by atoms with Gasteiger partial charge >= 0.3 is 0 Å². The standard InChI is InChI=1S/C23H16Cl2O3/c1-14-4-2-3-5-16(14)13-27-23-21(26)19-12-18(25)10-11-20(19)28-22(23)15-6-8-17(24)9-7-15/h2-12H,13H2,1H3. The Hall–Kier alpha value is -2.75. The van der Waals surface area contributed by atoms with E-state index in [9.17, 15) is 4.79 Å². The largest absolute Gasteiger partial charge is 0.481 e. The Kier molecular flexibility index (Phi) is 5.12. The molecule has 28 heavy (non-hydrogen) atoms. The molecule has 5 heteroatoms. The summed E-state index contributed by atoms with van der Waals surface area (Å²) in [5.41, 5.74) is 2.97. The van der Waals surface area contributed by atoms with E-state index >= 15 is 0 Å². The Bertz CT molecular complexity index is 1210. The van der Waals surface area contributed by atoms with E-state index in [2.05, 4.69) is 0 Å². The Morgan fingerprint density at radius 2 is 1.64 bits per heavy atom. The van der Waals surface area contributed by atoms with Crippen molar-refractivity contribution in [3.8, 4) is 17.1 Å². The third-order valence-corrected chi connectivity index (χ3v) is 5.04. The van der Waals surface area contributed by atoms with E-state index in [1.807, 2.05) is 31.2 Å². The molecule has 0 N–H and O–H groups in total. The Morgan fingerprint density at radius 1 is 0.929 bits per heavy atom. The van der Waals surface area contributed by atoms with Gasteiger partial charge in [0.1, 0.15) is 12.2 Å². The lowest BCUT2D eigenvalue weighted by molar-refractivity contribution is 0.297. The number of hydrogen-bond acceptors (Lipinski definition) is 3. The van der Waals surface area contributed by atoms with Crippen LogP contribution in [0.3, 0.4) is 0 Å². The number of rotatable bonds is 4. The van der Waals surface area contributed by atoms with Gasteiger partial charge < -0.3 is 9.15 Å². The molecule has 4 aromatic rings. The summed E-state index contributed by atoms with van der Waals surface area (Å²) < 4.78 is 12.0. The van der Waals surface area contributed by atoms with E-state index in [0.717, 1.165) is 11.1 Å². The van der Waals surface area contributed by atoms with E-state index in [-0.39, 0.29) is 17.8 Å². The maximum Gasteiger partial charge on any atom is 0.235 e. The van der Waals surface area contributed by atoms with Gasteiger partial charge in [0.2, 0.25) is 11.2 Å². The predicted octanol–water partition coefficient (Wildman–Crippen LogP) is 6.65. The minimum absolute atomic E-state index is 0.153. The van der Waals surface area contributed by atoms with Crippen molar-refractivity contribution < 1.29 is 9.15 Å². The lowest BCUT2D eigenvalue weighted by Crippen LogP contribution is -2.10. The SMILES string of the molecule is Cc1ccccc1COc1c(-c2ccc(Cl)cc2)oc2ccc(Cl)cc2c1=O. The smallest absolute Gasteiger partial charge is 0.235 e.